The number of nitrogens with one attached hydrogen (secondary N) is 1. The Morgan fingerprint density at radius 2 is 2.05 bits per heavy atom. The summed E-state index contributed by atoms with van der Waals surface area (Å²) in [5, 5.41) is 1.78. The third-order valence-electron chi connectivity index (χ3n) is 3.04. The van der Waals surface area contributed by atoms with Crippen molar-refractivity contribution in [2.75, 3.05) is 0 Å². The van der Waals surface area contributed by atoms with E-state index in [0.29, 0.717) is 4.90 Å². The second-order valence-corrected chi connectivity index (χ2v) is 7.34. The molecular weight excluding hydrogens is 280 g/mol. The maximum Gasteiger partial charge on any atom is 0.241 e. The minimum absolute atomic E-state index is 0.0282. The fourth-order valence-electron chi connectivity index (χ4n) is 2.06. The van der Waals surface area contributed by atoms with Gasteiger partial charge in [-0.05, 0) is 24.3 Å². The van der Waals surface area contributed by atoms with Gasteiger partial charge in [0.2, 0.25) is 10.0 Å². The van der Waals surface area contributed by atoms with Crippen molar-refractivity contribution < 1.29 is 8.42 Å². The predicted molar refractivity (Wildman–Crippen MR) is 80.8 cm³/mol. The van der Waals surface area contributed by atoms with Gasteiger partial charge in [0.15, 0.2) is 0 Å². The topological polar surface area (TPSA) is 72.2 Å². The first-order valence-corrected chi connectivity index (χ1v) is 9.20. The Morgan fingerprint density at radius 3 is 2.63 bits per heavy atom. The molecular formula is C13H24N2O2S2. The van der Waals surface area contributed by atoms with Gasteiger partial charge in [0.25, 0.3) is 0 Å². The summed E-state index contributed by atoms with van der Waals surface area (Å²) >= 11 is 1.39. The molecule has 0 aliphatic heterocycles. The average molecular weight is 304 g/mol. The molecule has 1 rings (SSSR count). The Hall–Kier alpha value is -0.430. The van der Waals surface area contributed by atoms with E-state index < -0.39 is 10.0 Å². The lowest BCUT2D eigenvalue weighted by Gasteiger charge is -2.18. The highest BCUT2D eigenvalue weighted by Gasteiger charge is 2.22. The zero-order valence-corrected chi connectivity index (χ0v) is 13.3. The Kier molecular flexibility index (Phi) is 6.99. The molecule has 1 heterocycles. The van der Waals surface area contributed by atoms with Gasteiger partial charge in [0, 0.05) is 17.5 Å². The summed E-state index contributed by atoms with van der Waals surface area (Å²) in [7, 11) is -3.43. The van der Waals surface area contributed by atoms with E-state index in [9.17, 15) is 8.42 Å². The van der Waals surface area contributed by atoms with Gasteiger partial charge < -0.3 is 5.73 Å². The number of hydrogen-bond donors (Lipinski definition) is 2. The molecule has 1 atom stereocenters. The van der Waals surface area contributed by atoms with Crippen molar-refractivity contribution in [3.05, 3.63) is 16.3 Å². The van der Waals surface area contributed by atoms with Crippen molar-refractivity contribution in [3.8, 4) is 0 Å². The number of thiophene rings is 1. The number of sulfonamides is 1. The fraction of sp³-hybridized carbons (Fsp3) is 0.692. The number of rotatable bonds is 9. The van der Waals surface area contributed by atoms with Crippen LogP contribution in [-0.2, 0) is 16.6 Å². The highest BCUT2D eigenvalue weighted by molar-refractivity contribution is 7.89. The summed E-state index contributed by atoms with van der Waals surface area (Å²) < 4.78 is 27.6. The molecule has 0 saturated heterocycles. The van der Waals surface area contributed by atoms with Crippen LogP contribution in [0.1, 0.15) is 50.8 Å². The molecule has 0 fully saturated rings. The summed E-state index contributed by atoms with van der Waals surface area (Å²) in [6.45, 7) is 4.45. The lowest BCUT2D eigenvalue weighted by Crippen LogP contribution is -2.35. The van der Waals surface area contributed by atoms with E-state index in [1.807, 2.05) is 0 Å². The van der Waals surface area contributed by atoms with Crippen molar-refractivity contribution in [2.45, 2.75) is 63.4 Å². The Morgan fingerprint density at radius 1 is 1.32 bits per heavy atom. The van der Waals surface area contributed by atoms with Crippen LogP contribution in [0, 0.1) is 0 Å². The predicted octanol–water partition coefficient (Wildman–Crippen LogP) is 2.84. The van der Waals surface area contributed by atoms with Crippen LogP contribution in [-0.4, -0.2) is 14.5 Å². The van der Waals surface area contributed by atoms with Gasteiger partial charge in [-0.15, -0.1) is 11.3 Å². The Bertz CT molecular complexity index is 469. The summed E-state index contributed by atoms with van der Waals surface area (Å²) in [5.74, 6) is 0. The molecule has 4 nitrogen and oxygen atoms in total. The van der Waals surface area contributed by atoms with Crippen LogP contribution in [0.4, 0.5) is 0 Å². The van der Waals surface area contributed by atoms with Crippen molar-refractivity contribution in [1.82, 2.24) is 4.72 Å². The van der Waals surface area contributed by atoms with E-state index in [1.165, 1.54) is 11.3 Å². The van der Waals surface area contributed by atoms with Crippen LogP contribution in [0.5, 0.6) is 0 Å². The molecule has 0 aliphatic carbocycles. The van der Waals surface area contributed by atoms with E-state index in [2.05, 4.69) is 18.6 Å². The first-order chi connectivity index (χ1) is 9.05. The number of nitrogens with two attached hydrogens (primary N) is 1. The van der Waals surface area contributed by atoms with Crippen molar-refractivity contribution >= 4 is 21.4 Å². The second-order valence-electron chi connectivity index (χ2n) is 4.66. The van der Waals surface area contributed by atoms with Crippen LogP contribution in [0.3, 0.4) is 0 Å². The third kappa shape index (κ3) is 4.87. The zero-order chi connectivity index (χ0) is 14.3. The molecule has 0 aliphatic rings. The van der Waals surface area contributed by atoms with Gasteiger partial charge in [-0.1, -0.05) is 33.1 Å². The van der Waals surface area contributed by atoms with Gasteiger partial charge in [0.1, 0.15) is 0 Å². The molecule has 110 valence electrons. The van der Waals surface area contributed by atoms with Gasteiger partial charge in [-0.2, -0.15) is 0 Å². The summed E-state index contributed by atoms with van der Waals surface area (Å²) in [4.78, 5) is 1.07. The molecule has 1 aromatic rings. The van der Waals surface area contributed by atoms with Gasteiger partial charge in [0.05, 0.1) is 4.90 Å². The first kappa shape index (κ1) is 16.6. The molecule has 0 saturated carbocycles. The standard InChI is InChI=1S/C13H24N2O2S2/c1-3-5-7-11(6-4-2)15-19(16,17)13-8-9-18-12(13)10-14/h8-9,11,15H,3-7,10,14H2,1-2H3. The quantitative estimate of drug-likeness (QED) is 0.737. The first-order valence-electron chi connectivity index (χ1n) is 6.83. The van der Waals surface area contributed by atoms with Gasteiger partial charge in [-0.3, -0.25) is 0 Å². The van der Waals surface area contributed by atoms with Gasteiger partial charge >= 0.3 is 0 Å². The fourth-order valence-corrected chi connectivity index (χ4v) is 4.70. The number of unbranched alkanes of at least 4 members (excludes halogenated alkanes) is 1. The Labute approximate surface area is 120 Å². The molecule has 0 aromatic carbocycles. The average Bonchev–Trinajstić information content (AvgIpc) is 2.85. The summed E-state index contributed by atoms with van der Waals surface area (Å²) in [6, 6.07) is 1.67. The minimum Gasteiger partial charge on any atom is -0.326 e. The molecule has 0 amide bonds. The van der Waals surface area contributed by atoms with Crippen LogP contribution in [0.15, 0.2) is 16.3 Å². The molecule has 0 bridgehead atoms. The minimum atomic E-state index is -3.43. The summed E-state index contributed by atoms with van der Waals surface area (Å²) in [5.41, 5.74) is 5.58. The van der Waals surface area contributed by atoms with E-state index in [-0.39, 0.29) is 12.6 Å². The molecule has 1 aromatic heterocycles. The third-order valence-corrected chi connectivity index (χ3v) is 5.72. The van der Waals surface area contributed by atoms with E-state index in [1.54, 1.807) is 11.4 Å². The highest BCUT2D eigenvalue weighted by atomic mass is 32.2. The molecule has 1 unspecified atom stereocenters. The normalized spacial score (nSPS) is 13.6. The van der Waals surface area contributed by atoms with E-state index in [4.69, 9.17) is 5.73 Å². The molecule has 3 N–H and O–H groups in total. The van der Waals surface area contributed by atoms with Crippen LogP contribution in [0.25, 0.3) is 0 Å². The van der Waals surface area contributed by atoms with Crippen molar-refractivity contribution in [3.63, 3.8) is 0 Å². The monoisotopic (exact) mass is 304 g/mol. The lowest BCUT2D eigenvalue weighted by molar-refractivity contribution is 0.483. The van der Waals surface area contributed by atoms with Crippen LogP contribution in [0.2, 0.25) is 0 Å². The molecule has 0 radical (unpaired) electrons. The maximum atomic E-state index is 12.4. The Balaban J connectivity index is 2.81. The van der Waals surface area contributed by atoms with Crippen molar-refractivity contribution in [1.29, 1.82) is 0 Å². The lowest BCUT2D eigenvalue weighted by atomic mass is 10.1. The summed E-state index contributed by atoms with van der Waals surface area (Å²) in [6.07, 6.45) is 4.87. The molecule has 19 heavy (non-hydrogen) atoms. The SMILES string of the molecule is CCCCC(CCC)NS(=O)(=O)c1ccsc1CN. The zero-order valence-electron chi connectivity index (χ0n) is 11.7. The van der Waals surface area contributed by atoms with Crippen LogP contribution >= 0.6 is 11.3 Å². The highest BCUT2D eigenvalue weighted by Crippen LogP contribution is 2.22. The smallest absolute Gasteiger partial charge is 0.241 e. The van der Waals surface area contributed by atoms with Gasteiger partial charge in [-0.25, -0.2) is 13.1 Å². The number of hydrogen-bond acceptors (Lipinski definition) is 4. The van der Waals surface area contributed by atoms with E-state index in [0.717, 1.165) is 37.0 Å². The maximum absolute atomic E-state index is 12.4. The van der Waals surface area contributed by atoms with Crippen molar-refractivity contribution in [2.24, 2.45) is 5.73 Å². The van der Waals surface area contributed by atoms with Crippen LogP contribution < -0.4 is 10.5 Å². The molecule has 6 heteroatoms. The largest absolute Gasteiger partial charge is 0.326 e. The molecule has 0 spiro atoms. The van der Waals surface area contributed by atoms with E-state index >= 15 is 0 Å². The second kappa shape index (κ2) is 7.99.